The van der Waals surface area contributed by atoms with Crippen molar-refractivity contribution in [1.82, 2.24) is 0 Å². The van der Waals surface area contributed by atoms with E-state index in [1.807, 2.05) is 25.1 Å². The van der Waals surface area contributed by atoms with Crippen molar-refractivity contribution in [1.29, 1.82) is 0 Å². The van der Waals surface area contributed by atoms with Crippen LogP contribution < -0.4 is 0 Å². The van der Waals surface area contributed by atoms with Crippen molar-refractivity contribution >= 4 is 17.5 Å². The molecule has 0 spiro atoms. The molecule has 2 heteroatoms. The molecule has 104 valence electrons. The summed E-state index contributed by atoms with van der Waals surface area (Å²) in [5.74, 6) is 0.374. The topological polar surface area (TPSA) is 17.1 Å². The second-order valence-electron chi connectivity index (χ2n) is 4.92. The summed E-state index contributed by atoms with van der Waals surface area (Å²) < 4.78 is 0. The Labute approximate surface area is 121 Å². The van der Waals surface area contributed by atoms with E-state index in [-0.39, 0.29) is 0 Å². The molecule has 0 saturated carbocycles. The average Bonchev–Trinajstić information content (AvgIpc) is 2.42. The third kappa shape index (κ3) is 7.89. The highest BCUT2D eigenvalue weighted by Gasteiger charge is 2.03. The highest BCUT2D eigenvalue weighted by molar-refractivity contribution is 8.02. The van der Waals surface area contributed by atoms with E-state index in [9.17, 15) is 4.79 Å². The third-order valence-corrected chi connectivity index (χ3v) is 3.99. The summed E-state index contributed by atoms with van der Waals surface area (Å²) in [4.78, 5) is 13.0. The van der Waals surface area contributed by atoms with Gasteiger partial charge in [0.05, 0.1) is 0 Å². The number of Topliss-reactive ketones (excluding diaryl/α,β-unsaturated/α-hetero) is 1. The Balaban J connectivity index is 2.25. The first-order chi connectivity index (χ1) is 9.22. The molecule has 1 rings (SSSR count). The molecule has 0 bridgehead atoms. The molecule has 0 radical (unpaired) electrons. The lowest BCUT2D eigenvalue weighted by Crippen LogP contribution is -1.98. The summed E-state index contributed by atoms with van der Waals surface area (Å²) in [5, 5.41) is 2.10. The first-order valence-electron chi connectivity index (χ1n) is 7.11. The van der Waals surface area contributed by atoms with Crippen LogP contribution in [0.5, 0.6) is 0 Å². The minimum Gasteiger partial charge on any atom is -0.299 e. The monoisotopic (exact) mass is 276 g/mol. The van der Waals surface area contributed by atoms with E-state index in [1.165, 1.54) is 24.2 Å². The average molecular weight is 276 g/mol. The number of hydrogen-bond acceptors (Lipinski definition) is 2. The van der Waals surface area contributed by atoms with Crippen LogP contribution in [0.3, 0.4) is 0 Å². The van der Waals surface area contributed by atoms with Crippen molar-refractivity contribution in [2.24, 2.45) is 0 Å². The number of benzene rings is 1. The van der Waals surface area contributed by atoms with Gasteiger partial charge in [0.25, 0.3) is 0 Å². The number of hydrogen-bond donors (Lipinski definition) is 0. The fraction of sp³-hybridized carbons (Fsp3) is 0.471. The summed E-state index contributed by atoms with van der Waals surface area (Å²) in [6.07, 6.45) is 6.04. The molecular weight excluding hydrogens is 252 g/mol. The molecule has 19 heavy (non-hydrogen) atoms. The SMILES string of the molecule is CCCCCCC(=O)C/C(C)=C/Sc1ccccc1. The quantitative estimate of drug-likeness (QED) is 0.430. The van der Waals surface area contributed by atoms with Crippen LogP contribution >= 0.6 is 11.8 Å². The van der Waals surface area contributed by atoms with Gasteiger partial charge in [-0.25, -0.2) is 0 Å². The van der Waals surface area contributed by atoms with E-state index in [0.29, 0.717) is 12.2 Å². The highest BCUT2D eigenvalue weighted by atomic mass is 32.2. The lowest BCUT2D eigenvalue weighted by atomic mass is 10.1. The van der Waals surface area contributed by atoms with E-state index in [2.05, 4.69) is 24.5 Å². The molecule has 0 fully saturated rings. The van der Waals surface area contributed by atoms with Crippen LogP contribution in [0, 0.1) is 0 Å². The van der Waals surface area contributed by atoms with E-state index in [1.54, 1.807) is 11.8 Å². The molecule has 0 heterocycles. The van der Waals surface area contributed by atoms with Crippen LogP contribution in [0.25, 0.3) is 0 Å². The Morgan fingerprint density at radius 2 is 1.89 bits per heavy atom. The number of allylic oxidation sites excluding steroid dienone is 1. The highest BCUT2D eigenvalue weighted by Crippen LogP contribution is 2.21. The van der Waals surface area contributed by atoms with Gasteiger partial charge in [-0.1, -0.05) is 61.7 Å². The molecule has 0 aliphatic heterocycles. The van der Waals surface area contributed by atoms with Gasteiger partial charge in [0.15, 0.2) is 0 Å². The molecule has 0 unspecified atom stereocenters. The maximum Gasteiger partial charge on any atom is 0.136 e. The van der Waals surface area contributed by atoms with Crippen LogP contribution in [-0.2, 0) is 4.79 Å². The Kier molecular flexibility index (Phi) is 8.31. The van der Waals surface area contributed by atoms with Gasteiger partial charge in [-0.05, 0) is 30.9 Å². The van der Waals surface area contributed by atoms with Crippen LogP contribution in [-0.4, -0.2) is 5.78 Å². The molecule has 1 aromatic carbocycles. The Bertz CT molecular complexity index is 395. The van der Waals surface area contributed by atoms with Gasteiger partial charge in [0.1, 0.15) is 5.78 Å². The molecule has 0 aliphatic rings. The number of carbonyl (C=O) groups excluding carboxylic acids is 1. The molecule has 0 atom stereocenters. The van der Waals surface area contributed by atoms with Crippen LogP contribution in [0.1, 0.15) is 52.4 Å². The zero-order valence-corrected chi connectivity index (χ0v) is 12.8. The van der Waals surface area contributed by atoms with Gasteiger partial charge in [0.2, 0.25) is 0 Å². The Morgan fingerprint density at radius 3 is 2.58 bits per heavy atom. The number of rotatable bonds is 9. The van der Waals surface area contributed by atoms with E-state index in [0.717, 1.165) is 18.4 Å². The van der Waals surface area contributed by atoms with Crippen molar-refractivity contribution in [3.8, 4) is 0 Å². The molecule has 0 N–H and O–H groups in total. The van der Waals surface area contributed by atoms with Crippen molar-refractivity contribution in [3.63, 3.8) is 0 Å². The fourth-order valence-corrected chi connectivity index (χ4v) is 2.59. The summed E-state index contributed by atoms with van der Waals surface area (Å²) in [7, 11) is 0. The second kappa shape index (κ2) is 9.85. The molecule has 0 aliphatic carbocycles. The molecular formula is C17H24OS. The largest absolute Gasteiger partial charge is 0.299 e. The lowest BCUT2D eigenvalue weighted by Gasteiger charge is -2.02. The standard InChI is InChI=1S/C17H24OS/c1-3-4-5-7-10-16(18)13-15(2)14-19-17-11-8-6-9-12-17/h6,8-9,11-12,14H,3-5,7,10,13H2,1-2H3/b15-14+. The minimum atomic E-state index is 0.374. The van der Waals surface area contributed by atoms with Crippen LogP contribution in [0.4, 0.5) is 0 Å². The zero-order valence-electron chi connectivity index (χ0n) is 12.0. The minimum absolute atomic E-state index is 0.374. The van der Waals surface area contributed by atoms with E-state index >= 15 is 0 Å². The second-order valence-corrected chi connectivity index (χ2v) is 5.86. The van der Waals surface area contributed by atoms with Crippen molar-refractivity contribution in [2.45, 2.75) is 57.3 Å². The Hall–Kier alpha value is -1.02. The molecule has 0 amide bonds. The van der Waals surface area contributed by atoms with Crippen LogP contribution in [0.15, 0.2) is 46.2 Å². The van der Waals surface area contributed by atoms with Gasteiger partial charge >= 0.3 is 0 Å². The zero-order chi connectivity index (χ0) is 13.9. The summed E-state index contributed by atoms with van der Waals surface area (Å²) in [6.45, 7) is 4.23. The maximum atomic E-state index is 11.8. The maximum absolute atomic E-state index is 11.8. The van der Waals surface area contributed by atoms with Gasteiger partial charge in [-0.2, -0.15) is 0 Å². The summed E-state index contributed by atoms with van der Waals surface area (Å²) in [5.41, 5.74) is 1.16. The number of ketones is 1. The van der Waals surface area contributed by atoms with Gasteiger partial charge in [-0.3, -0.25) is 4.79 Å². The number of carbonyl (C=O) groups is 1. The van der Waals surface area contributed by atoms with Gasteiger partial charge in [0, 0.05) is 17.7 Å². The summed E-state index contributed by atoms with van der Waals surface area (Å²) >= 11 is 1.69. The molecule has 1 nitrogen and oxygen atoms in total. The summed E-state index contributed by atoms with van der Waals surface area (Å²) in [6, 6.07) is 10.2. The predicted molar refractivity (Wildman–Crippen MR) is 84.4 cm³/mol. The first-order valence-corrected chi connectivity index (χ1v) is 7.99. The van der Waals surface area contributed by atoms with Gasteiger partial charge in [-0.15, -0.1) is 0 Å². The van der Waals surface area contributed by atoms with Crippen molar-refractivity contribution in [2.75, 3.05) is 0 Å². The number of unbranched alkanes of at least 4 members (excludes halogenated alkanes) is 3. The fourth-order valence-electron chi connectivity index (χ4n) is 1.86. The Morgan fingerprint density at radius 1 is 1.16 bits per heavy atom. The first kappa shape index (κ1) is 16.0. The predicted octanol–water partition coefficient (Wildman–Crippen LogP) is 5.61. The smallest absolute Gasteiger partial charge is 0.136 e. The lowest BCUT2D eigenvalue weighted by molar-refractivity contribution is -0.118. The molecule has 1 aromatic rings. The molecule has 0 aromatic heterocycles. The van der Waals surface area contributed by atoms with Gasteiger partial charge < -0.3 is 0 Å². The number of thioether (sulfide) groups is 1. The van der Waals surface area contributed by atoms with Crippen LogP contribution in [0.2, 0.25) is 0 Å². The van der Waals surface area contributed by atoms with E-state index in [4.69, 9.17) is 0 Å². The third-order valence-electron chi connectivity index (χ3n) is 2.92. The van der Waals surface area contributed by atoms with E-state index < -0.39 is 0 Å². The molecule has 0 saturated heterocycles. The van der Waals surface area contributed by atoms with Crippen molar-refractivity contribution in [3.05, 3.63) is 41.3 Å². The normalized spacial score (nSPS) is 11.6. The van der Waals surface area contributed by atoms with Crippen molar-refractivity contribution < 1.29 is 4.79 Å².